The van der Waals surface area contributed by atoms with Gasteiger partial charge in [-0.25, -0.2) is 14.4 Å². The molecule has 0 bridgehead atoms. The Kier molecular flexibility index (Phi) is 27.0. The summed E-state index contributed by atoms with van der Waals surface area (Å²) in [6, 6.07) is 0. The number of hydrogen-bond donors (Lipinski definition) is 12. The van der Waals surface area contributed by atoms with Crippen molar-refractivity contribution >= 4 is 35.8 Å². The molecule has 7 rings (SSSR count). The van der Waals surface area contributed by atoms with Crippen molar-refractivity contribution in [1.82, 2.24) is 0 Å². The molecule has 6 aliphatic heterocycles. The number of aliphatic hydroxyl groups is 12. The van der Waals surface area contributed by atoms with Gasteiger partial charge in [0.2, 0.25) is 18.9 Å². The predicted octanol–water partition coefficient (Wildman–Crippen LogP) is -3.56. The number of carbonyl (C=O) groups is 6. The molecule has 6 heterocycles. The molecule has 0 aromatic carbocycles. The molecule has 0 aromatic heterocycles. The zero-order valence-electron chi connectivity index (χ0n) is 52.8. The normalized spacial score (nSPS) is 39.1. The van der Waals surface area contributed by atoms with Crippen LogP contribution in [-0.4, -0.2) is 269 Å². The summed E-state index contributed by atoms with van der Waals surface area (Å²) in [4.78, 5) is 82.5. The summed E-state index contributed by atoms with van der Waals surface area (Å²) in [6.45, 7) is 5.01. The van der Waals surface area contributed by atoms with Crippen LogP contribution in [0.3, 0.4) is 0 Å². The van der Waals surface area contributed by atoms with E-state index < -0.39 is 233 Å². The van der Waals surface area contributed by atoms with Gasteiger partial charge in [0.05, 0.1) is 109 Å². The first kappa shape index (κ1) is 75.3. The van der Waals surface area contributed by atoms with Crippen LogP contribution in [-0.2, 0) is 99.8 Å². The van der Waals surface area contributed by atoms with Crippen molar-refractivity contribution < 1.29 is 161 Å². The summed E-state index contributed by atoms with van der Waals surface area (Å²) in [5.74, 6) is -11.5. The molecule has 33 nitrogen and oxygen atoms in total. The third kappa shape index (κ3) is 16.7. The molecule has 0 unspecified atom stereocenters. The van der Waals surface area contributed by atoms with Crippen molar-refractivity contribution in [3.8, 4) is 0 Å². The molecular formula is C61H86O33. The van der Waals surface area contributed by atoms with Gasteiger partial charge in [-0.2, -0.15) is 0 Å². The van der Waals surface area contributed by atoms with E-state index >= 15 is 0 Å². The summed E-state index contributed by atoms with van der Waals surface area (Å²) in [5, 5.41) is 124. The molecule has 0 spiro atoms. The number of allylic oxidation sites excluding steroid dienone is 3. The molecule has 33 heteroatoms. The van der Waals surface area contributed by atoms with Gasteiger partial charge in [-0.05, 0) is 44.9 Å². The summed E-state index contributed by atoms with van der Waals surface area (Å²) < 4.78 is 84.5. The Balaban J connectivity index is 1.11. The Labute approximate surface area is 539 Å². The number of methoxy groups -OCH3 is 3. The first-order valence-corrected chi connectivity index (χ1v) is 30.4. The van der Waals surface area contributed by atoms with Gasteiger partial charge in [0.1, 0.15) is 79.4 Å². The highest BCUT2D eigenvalue weighted by atomic mass is 16.8. The van der Waals surface area contributed by atoms with E-state index in [1.807, 2.05) is 0 Å². The second-order valence-electron chi connectivity index (χ2n) is 23.5. The highest BCUT2D eigenvalue weighted by Crippen LogP contribution is 2.46. The molecule has 1 saturated carbocycles. The van der Waals surface area contributed by atoms with Gasteiger partial charge in [0.15, 0.2) is 18.9 Å². The molecule has 26 atom stereocenters. The zero-order valence-corrected chi connectivity index (χ0v) is 52.8. The van der Waals surface area contributed by atoms with Crippen LogP contribution in [0.25, 0.3) is 0 Å². The fourth-order valence-corrected chi connectivity index (χ4v) is 12.6. The van der Waals surface area contributed by atoms with Crippen molar-refractivity contribution in [2.45, 2.75) is 177 Å². The van der Waals surface area contributed by atoms with E-state index in [-0.39, 0.29) is 53.1 Å². The molecule has 4 fully saturated rings. The number of aliphatic hydroxyl groups excluding tert-OH is 12. The minimum Gasteiger partial charge on any atom is -0.468 e. The van der Waals surface area contributed by atoms with E-state index in [9.17, 15) is 90.0 Å². The van der Waals surface area contributed by atoms with Gasteiger partial charge in [-0.15, -0.1) is 0 Å². The number of ether oxygens (including phenoxy) is 15. The molecule has 0 amide bonds. The summed E-state index contributed by atoms with van der Waals surface area (Å²) in [7, 11) is 3.28. The second-order valence-corrected chi connectivity index (χ2v) is 23.5. The predicted molar refractivity (Wildman–Crippen MR) is 307 cm³/mol. The van der Waals surface area contributed by atoms with Gasteiger partial charge in [-0.1, -0.05) is 32.1 Å². The van der Waals surface area contributed by atoms with Gasteiger partial charge < -0.3 is 132 Å². The summed E-state index contributed by atoms with van der Waals surface area (Å²) >= 11 is 0. The molecule has 0 radical (unpaired) electrons. The monoisotopic (exact) mass is 1350 g/mol. The van der Waals surface area contributed by atoms with Gasteiger partial charge in [-0.3, -0.25) is 14.4 Å². The third-order valence-electron chi connectivity index (χ3n) is 18.1. The van der Waals surface area contributed by atoms with Crippen LogP contribution in [0.2, 0.25) is 0 Å². The van der Waals surface area contributed by atoms with Crippen molar-refractivity contribution in [2.75, 3.05) is 54.4 Å². The maximum Gasteiger partial charge on any atom is 0.337 e. The molecular weight excluding hydrogens is 1260 g/mol. The van der Waals surface area contributed by atoms with Crippen LogP contribution in [0.1, 0.15) is 60.3 Å². The smallest absolute Gasteiger partial charge is 0.337 e. The molecule has 0 aromatic rings. The maximum absolute atomic E-state index is 14.4. The molecule has 12 N–H and O–H groups in total. The Hall–Kier alpha value is -6.06. The van der Waals surface area contributed by atoms with Crippen LogP contribution in [0, 0.1) is 41.4 Å². The van der Waals surface area contributed by atoms with Crippen molar-refractivity contribution in [3.63, 3.8) is 0 Å². The highest BCUT2D eigenvalue weighted by molar-refractivity contribution is 5.92. The lowest BCUT2D eigenvalue weighted by atomic mass is 9.83. The lowest BCUT2D eigenvalue weighted by Gasteiger charge is -2.42. The van der Waals surface area contributed by atoms with E-state index in [0.29, 0.717) is 0 Å². The summed E-state index contributed by atoms with van der Waals surface area (Å²) in [6.07, 6.45) is -25.1. The topological polar surface area (TPSA) is 484 Å². The van der Waals surface area contributed by atoms with Crippen LogP contribution in [0.5, 0.6) is 0 Å². The third-order valence-corrected chi connectivity index (χ3v) is 18.1. The summed E-state index contributed by atoms with van der Waals surface area (Å²) in [5.41, 5.74) is -0.0660. The molecule has 7 aliphatic rings. The molecule has 528 valence electrons. The average molecular weight is 1350 g/mol. The first-order valence-electron chi connectivity index (χ1n) is 30.4. The SMILES string of the molecule is C/C=C1\[C@H](O[C@@H]2O[C@H](CO)[C@@H](O)[C@H](O)[C@H]2O)OC=C(C(=O)OC)[C@H]1CC(=O)OC[C@@H]1[C@H](C)[C@@H](OC(=O)C[C@@H]2C(C(=O)OC)=CO[C@@H](O[C@@H]3O[C@H](CO)[C@@H](O)[C@H](O)[C@H]3O)/C2=C\C)C[C@H]1[C@H](C)COC(=O)C[C@@H]1C(C(=O)OC)=CO[C@@H](O[C@@H]2O[C@H](CO)[C@@H](O)[C@H](O)[C@H]2O)/C1=C\C. The molecule has 94 heavy (non-hydrogen) atoms. The number of carbonyl (C=O) groups excluding carboxylic acids is 6. The Morgan fingerprint density at radius 1 is 0.500 bits per heavy atom. The van der Waals surface area contributed by atoms with Crippen molar-refractivity contribution in [3.05, 3.63) is 70.5 Å². The van der Waals surface area contributed by atoms with E-state index in [4.69, 9.17) is 71.1 Å². The first-order chi connectivity index (χ1) is 44.8. The van der Waals surface area contributed by atoms with E-state index in [2.05, 4.69) is 0 Å². The minimum atomic E-state index is -1.86. The lowest BCUT2D eigenvalue weighted by molar-refractivity contribution is -0.327. The Morgan fingerprint density at radius 2 is 0.830 bits per heavy atom. The van der Waals surface area contributed by atoms with Crippen LogP contribution in [0.4, 0.5) is 0 Å². The fraction of sp³-hybridized carbons (Fsp3) is 0.705. The van der Waals surface area contributed by atoms with E-state index in [1.54, 1.807) is 13.8 Å². The van der Waals surface area contributed by atoms with E-state index in [1.165, 1.54) is 39.0 Å². The largest absolute Gasteiger partial charge is 0.468 e. The van der Waals surface area contributed by atoms with Gasteiger partial charge in [0.25, 0.3) is 0 Å². The van der Waals surface area contributed by atoms with Crippen LogP contribution >= 0.6 is 0 Å². The lowest BCUT2D eigenvalue weighted by Crippen LogP contribution is -2.60. The number of rotatable bonds is 24. The fourth-order valence-electron chi connectivity index (χ4n) is 12.6. The van der Waals surface area contributed by atoms with Crippen molar-refractivity contribution in [1.29, 1.82) is 0 Å². The van der Waals surface area contributed by atoms with E-state index in [0.717, 1.165) is 40.1 Å². The zero-order chi connectivity index (χ0) is 69.2. The minimum absolute atomic E-state index is 0.0460. The molecule has 1 aliphatic carbocycles. The maximum atomic E-state index is 14.4. The van der Waals surface area contributed by atoms with Crippen molar-refractivity contribution in [2.24, 2.45) is 41.4 Å². The highest BCUT2D eigenvalue weighted by Gasteiger charge is 2.52. The van der Waals surface area contributed by atoms with Gasteiger partial charge >= 0.3 is 35.8 Å². The quantitative estimate of drug-likeness (QED) is 0.0253. The Bertz CT molecular complexity index is 2830. The number of hydrogen-bond acceptors (Lipinski definition) is 33. The second kappa shape index (κ2) is 33.7. The average Bonchev–Trinajstić information content (AvgIpc) is 0.987. The standard InChI is InChI=1S/C61H86O33/c1-9-26-30(34(53(77)80-6)21-85-56(26)92-59-50(74)47(71)44(68)38(16-62)89-59)13-41(65)83-19-24(4)29-12-37(88-43(67)15-32-28(11-3)58(87-23-36(32)55(79)82-8)94-61-52(76)49(73)46(70)40(18-64)91-61)25(5)33(29)20-84-42(66)14-31-27(10-2)57(86-22-35(31)54(78)81-7)93-60-51(75)48(72)45(69)39(17-63)90-60/h9-11,21-25,29-33,37-40,44-52,56-64,68-76H,12-20H2,1-8H3/b26-9-,27-10-,28-11-/t24-,25+,29+,30+,31+,32+,33-,37+,38-,39-,40-,44-,45-,46-,47+,48+,49+,50-,51-,52-,56+,57+,58+,59+,60+,61+/m1/s1. The van der Waals surface area contributed by atoms with Crippen LogP contribution in [0.15, 0.2) is 70.5 Å². The molecule has 3 saturated heterocycles. The Morgan fingerprint density at radius 3 is 1.15 bits per heavy atom. The van der Waals surface area contributed by atoms with Crippen LogP contribution < -0.4 is 0 Å². The van der Waals surface area contributed by atoms with Gasteiger partial charge in [0, 0.05) is 40.4 Å². The number of esters is 6.